The number of carbonyl (C=O) groups excluding carboxylic acids is 1. The molecule has 0 heterocycles. The zero-order valence-corrected chi connectivity index (χ0v) is 8.60. The molecule has 0 spiro atoms. The average Bonchev–Trinajstić information content (AvgIpc) is 3.02. The molecule has 0 aliphatic heterocycles. The Morgan fingerprint density at radius 2 is 2.00 bits per heavy atom. The van der Waals surface area contributed by atoms with Crippen molar-refractivity contribution in [3.05, 3.63) is 24.3 Å². The number of benzene rings is 1. The van der Waals surface area contributed by atoms with Gasteiger partial charge < -0.3 is 10.4 Å². The van der Waals surface area contributed by atoms with Crippen molar-refractivity contribution in [2.24, 2.45) is 0 Å². The lowest BCUT2D eigenvalue weighted by atomic mass is 10.3. The molecule has 2 N–H and O–H groups in total. The summed E-state index contributed by atoms with van der Waals surface area (Å²) in [5, 5.41) is 12.0. The van der Waals surface area contributed by atoms with E-state index in [2.05, 4.69) is 5.32 Å². The molecule has 1 saturated carbocycles. The summed E-state index contributed by atoms with van der Waals surface area (Å²) in [5.41, 5.74) is 0.769. The number of nitrogens with zero attached hydrogens (tertiary/aromatic N) is 1. The van der Waals surface area contributed by atoms with Gasteiger partial charge in [-0.2, -0.15) is 0 Å². The first-order chi connectivity index (χ1) is 7.16. The maximum Gasteiger partial charge on any atom is 0.321 e. The van der Waals surface area contributed by atoms with Crippen molar-refractivity contribution in [1.82, 2.24) is 5.32 Å². The van der Waals surface area contributed by atoms with Gasteiger partial charge in [0.2, 0.25) is 0 Å². The van der Waals surface area contributed by atoms with Crippen LogP contribution in [0, 0.1) is 0 Å². The largest absolute Gasteiger partial charge is 0.508 e. The average molecular weight is 206 g/mol. The first kappa shape index (κ1) is 9.83. The van der Waals surface area contributed by atoms with Gasteiger partial charge in [0, 0.05) is 18.8 Å². The summed E-state index contributed by atoms with van der Waals surface area (Å²) in [4.78, 5) is 13.2. The van der Waals surface area contributed by atoms with E-state index in [9.17, 15) is 4.79 Å². The summed E-state index contributed by atoms with van der Waals surface area (Å²) in [6.45, 7) is 0. The smallest absolute Gasteiger partial charge is 0.321 e. The van der Waals surface area contributed by atoms with Crippen LogP contribution in [0.15, 0.2) is 24.3 Å². The van der Waals surface area contributed by atoms with E-state index in [1.54, 1.807) is 31.3 Å². The van der Waals surface area contributed by atoms with E-state index in [1.807, 2.05) is 0 Å². The summed E-state index contributed by atoms with van der Waals surface area (Å²) in [6.07, 6.45) is 2.16. The molecule has 4 heteroatoms. The maximum absolute atomic E-state index is 11.6. The van der Waals surface area contributed by atoms with Crippen LogP contribution in [0.25, 0.3) is 0 Å². The van der Waals surface area contributed by atoms with Crippen LogP contribution in [0.3, 0.4) is 0 Å². The Balaban J connectivity index is 2.02. The number of urea groups is 1. The van der Waals surface area contributed by atoms with Crippen LogP contribution in [0.5, 0.6) is 5.75 Å². The van der Waals surface area contributed by atoms with Crippen LogP contribution >= 0.6 is 0 Å². The van der Waals surface area contributed by atoms with Gasteiger partial charge in [0.15, 0.2) is 0 Å². The van der Waals surface area contributed by atoms with Gasteiger partial charge in [0.25, 0.3) is 0 Å². The highest BCUT2D eigenvalue weighted by molar-refractivity contribution is 5.91. The van der Waals surface area contributed by atoms with Gasteiger partial charge in [-0.1, -0.05) is 0 Å². The Kier molecular flexibility index (Phi) is 2.49. The topological polar surface area (TPSA) is 52.6 Å². The number of hydrogen-bond acceptors (Lipinski definition) is 2. The number of phenolic OH excluding ortho intramolecular Hbond substituents is 1. The van der Waals surface area contributed by atoms with Gasteiger partial charge in [-0.05, 0) is 37.1 Å². The lowest BCUT2D eigenvalue weighted by molar-refractivity contribution is 0.247. The number of phenols is 1. The third-order valence-corrected chi connectivity index (χ3v) is 2.45. The van der Waals surface area contributed by atoms with Gasteiger partial charge in [-0.3, -0.25) is 4.90 Å². The fourth-order valence-corrected chi connectivity index (χ4v) is 1.29. The first-order valence-electron chi connectivity index (χ1n) is 5.00. The number of amides is 2. The lowest BCUT2D eigenvalue weighted by Gasteiger charge is -2.17. The van der Waals surface area contributed by atoms with Gasteiger partial charge in [-0.15, -0.1) is 0 Å². The van der Waals surface area contributed by atoms with Crippen molar-refractivity contribution in [1.29, 1.82) is 0 Å². The molecule has 0 radical (unpaired) electrons. The zero-order chi connectivity index (χ0) is 10.8. The number of hydrogen-bond donors (Lipinski definition) is 2. The molecule has 0 saturated heterocycles. The van der Waals surface area contributed by atoms with Gasteiger partial charge in [-0.25, -0.2) is 4.79 Å². The monoisotopic (exact) mass is 206 g/mol. The minimum absolute atomic E-state index is 0.0943. The van der Waals surface area contributed by atoms with Crippen LogP contribution < -0.4 is 10.2 Å². The van der Waals surface area contributed by atoms with Gasteiger partial charge in [0.1, 0.15) is 5.75 Å². The number of aromatic hydroxyl groups is 1. The Morgan fingerprint density at radius 1 is 1.40 bits per heavy atom. The lowest BCUT2D eigenvalue weighted by Crippen LogP contribution is -2.38. The Hall–Kier alpha value is -1.71. The van der Waals surface area contributed by atoms with Crippen LogP contribution in [-0.4, -0.2) is 24.2 Å². The van der Waals surface area contributed by atoms with E-state index in [0.717, 1.165) is 18.5 Å². The van der Waals surface area contributed by atoms with Crippen LogP contribution in [0.2, 0.25) is 0 Å². The predicted octanol–water partition coefficient (Wildman–Crippen LogP) is 1.70. The standard InChI is InChI=1S/C11H14N2O2/c1-13(11(15)12-8-2-3-8)9-4-6-10(14)7-5-9/h4-8,14H,2-3H2,1H3,(H,12,15). The van der Waals surface area contributed by atoms with E-state index >= 15 is 0 Å². The van der Waals surface area contributed by atoms with Crippen molar-refractivity contribution in [2.75, 3.05) is 11.9 Å². The molecule has 0 bridgehead atoms. The van der Waals surface area contributed by atoms with E-state index in [1.165, 1.54) is 4.90 Å². The summed E-state index contributed by atoms with van der Waals surface area (Å²) >= 11 is 0. The van der Waals surface area contributed by atoms with Crippen molar-refractivity contribution in [2.45, 2.75) is 18.9 Å². The number of nitrogens with one attached hydrogen (secondary N) is 1. The Morgan fingerprint density at radius 3 is 2.53 bits per heavy atom. The van der Waals surface area contributed by atoms with E-state index in [-0.39, 0.29) is 11.8 Å². The van der Waals surface area contributed by atoms with Crippen molar-refractivity contribution in [3.63, 3.8) is 0 Å². The number of rotatable bonds is 2. The van der Waals surface area contributed by atoms with E-state index < -0.39 is 0 Å². The molecule has 4 nitrogen and oxygen atoms in total. The van der Waals surface area contributed by atoms with Crippen LogP contribution in [0.4, 0.5) is 10.5 Å². The second-order valence-corrected chi connectivity index (χ2v) is 3.80. The van der Waals surface area contributed by atoms with E-state index in [0.29, 0.717) is 6.04 Å². The fourth-order valence-electron chi connectivity index (χ4n) is 1.29. The molecule has 1 aromatic carbocycles. The number of carbonyl (C=O) groups is 1. The van der Waals surface area contributed by atoms with Crippen LogP contribution in [-0.2, 0) is 0 Å². The Labute approximate surface area is 88.5 Å². The third kappa shape index (κ3) is 2.40. The van der Waals surface area contributed by atoms with Gasteiger partial charge >= 0.3 is 6.03 Å². The second-order valence-electron chi connectivity index (χ2n) is 3.80. The maximum atomic E-state index is 11.6. The predicted molar refractivity (Wildman–Crippen MR) is 58.1 cm³/mol. The van der Waals surface area contributed by atoms with Crippen molar-refractivity contribution < 1.29 is 9.90 Å². The Bertz CT molecular complexity index is 357. The molecule has 1 aliphatic rings. The molecule has 1 aliphatic carbocycles. The molecule has 0 atom stereocenters. The van der Waals surface area contributed by atoms with Crippen molar-refractivity contribution in [3.8, 4) is 5.75 Å². The molecule has 1 aromatic rings. The molecular weight excluding hydrogens is 192 g/mol. The summed E-state index contributed by atoms with van der Waals surface area (Å²) in [6, 6.07) is 6.82. The molecular formula is C11H14N2O2. The molecule has 0 unspecified atom stereocenters. The molecule has 80 valence electrons. The van der Waals surface area contributed by atoms with Crippen LogP contribution in [0.1, 0.15) is 12.8 Å². The molecule has 1 fully saturated rings. The van der Waals surface area contributed by atoms with E-state index in [4.69, 9.17) is 5.11 Å². The molecule has 2 amide bonds. The highest BCUT2D eigenvalue weighted by atomic mass is 16.3. The minimum atomic E-state index is -0.0943. The summed E-state index contributed by atoms with van der Waals surface area (Å²) in [5.74, 6) is 0.203. The van der Waals surface area contributed by atoms with Crippen molar-refractivity contribution >= 4 is 11.7 Å². The van der Waals surface area contributed by atoms with Gasteiger partial charge in [0.05, 0.1) is 0 Å². The highest BCUT2D eigenvalue weighted by Crippen LogP contribution is 2.21. The highest BCUT2D eigenvalue weighted by Gasteiger charge is 2.24. The molecule has 0 aromatic heterocycles. The summed E-state index contributed by atoms with van der Waals surface area (Å²) < 4.78 is 0. The number of anilines is 1. The normalized spacial score (nSPS) is 14.7. The second kappa shape index (κ2) is 3.81. The first-order valence-corrected chi connectivity index (χ1v) is 5.00. The summed E-state index contributed by atoms with van der Waals surface area (Å²) in [7, 11) is 1.71. The third-order valence-electron chi connectivity index (χ3n) is 2.45. The minimum Gasteiger partial charge on any atom is -0.508 e. The fraction of sp³-hybridized carbons (Fsp3) is 0.364. The SMILES string of the molecule is CN(C(=O)NC1CC1)c1ccc(O)cc1. The molecule has 15 heavy (non-hydrogen) atoms. The quantitative estimate of drug-likeness (QED) is 0.773. The molecule has 2 rings (SSSR count). The zero-order valence-electron chi connectivity index (χ0n) is 8.60.